The number of carbonyl (C=O) groups excluding carboxylic acids is 1. The zero-order chi connectivity index (χ0) is 16.8. The third kappa shape index (κ3) is 6.82. The van der Waals surface area contributed by atoms with Crippen LogP contribution in [0.1, 0.15) is 12.8 Å². The summed E-state index contributed by atoms with van der Waals surface area (Å²) in [6.45, 7) is 0.790. The summed E-state index contributed by atoms with van der Waals surface area (Å²) < 4.78 is 84.4. The number of carbonyl (C=O) groups is 1. The second-order valence-corrected chi connectivity index (χ2v) is 4.96. The molecule has 0 aromatic rings. The molecular weight excluding hydrogens is 320 g/mol. The lowest BCUT2D eigenvalue weighted by Gasteiger charge is -2.26. The highest BCUT2D eigenvalue weighted by Gasteiger charge is 2.50. The molecule has 0 aliphatic carbocycles. The number of hydrogen-bond donors (Lipinski definition) is 0. The minimum absolute atomic E-state index is 0.193. The van der Waals surface area contributed by atoms with Crippen molar-refractivity contribution in [2.24, 2.45) is 0 Å². The van der Waals surface area contributed by atoms with Gasteiger partial charge in [0, 0.05) is 19.6 Å². The molecule has 1 aliphatic rings. The lowest BCUT2D eigenvalue weighted by atomic mass is 10.1. The molecule has 0 radical (unpaired) electrons. The average Bonchev–Trinajstić information content (AvgIpc) is 2.43. The predicted molar refractivity (Wildman–Crippen MR) is 63.4 cm³/mol. The van der Waals surface area contributed by atoms with E-state index in [2.05, 4.69) is 4.74 Å². The number of ether oxygens (including phenoxy) is 2. The van der Waals surface area contributed by atoms with E-state index >= 15 is 0 Å². The summed E-state index contributed by atoms with van der Waals surface area (Å²) in [7, 11) is 0. The lowest BCUT2D eigenvalue weighted by molar-refractivity contribution is -0.195. The SMILES string of the molecule is O=C(CCN1CCOCC1)OCC(F)(F)CC(F)(F)C(F)F. The van der Waals surface area contributed by atoms with Crippen molar-refractivity contribution in [1.29, 1.82) is 0 Å². The maximum Gasteiger partial charge on any atom is 0.313 e. The molecule has 1 rings (SSSR count). The number of hydrogen-bond acceptors (Lipinski definition) is 4. The molecule has 4 nitrogen and oxygen atoms in total. The number of halogens is 6. The van der Waals surface area contributed by atoms with Gasteiger partial charge in [0.1, 0.15) is 0 Å². The van der Waals surface area contributed by atoms with Gasteiger partial charge in [-0.15, -0.1) is 0 Å². The van der Waals surface area contributed by atoms with Gasteiger partial charge in [-0.1, -0.05) is 0 Å². The minimum atomic E-state index is -4.83. The Morgan fingerprint density at radius 2 is 1.77 bits per heavy atom. The van der Waals surface area contributed by atoms with Gasteiger partial charge in [0.15, 0.2) is 6.61 Å². The van der Waals surface area contributed by atoms with Crippen LogP contribution in [0, 0.1) is 0 Å². The number of morpholine rings is 1. The van der Waals surface area contributed by atoms with Gasteiger partial charge in [0.05, 0.1) is 26.1 Å². The summed E-state index contributed by atoms with van der Waals surface area (Å²) in [4.78, 5) is 13.1. The van der Waals surface area contributed by atoms with E-state index in [4.69, 9.17) is 4.74 Å². The first-order chi connectivity index (χ1) is 10.1. The van der Waals surface area contributed by atoms with Crippen molar-refractivity contribution < 1.29 is 40.6 Å². The van der Waals surface area contributed by atoms with Gasteiger partial charge in [-0.25, -0.2) is 26.3 Å². The summed E-state index contributed by atoms with van der Waals surface area (Å²) in [6, 6.07) is 0. The Hall–Kier alpha value is -1.03. The van der Waals surface area contributed by atoms with Crippen molar-refractivity contribution in [2.45, 2.75) is 31.1 Å². The highest BCUT2D eigenvalue weighted by Crippen LogP contribution is 2.35. The van der Waals surface area contributed by atoms with Crippen LogP contribution in [0.4, 0.5) is 26.3 Å². The van der Waals surface area contributed by atoms with Crippen LogP contribution in [0.15, 0.2) is 0 Å². The van der Waals surface area contributed by atoms with Crippen LogP contribution in [-0.4, -0.2) is 68.6 Å². The Balaban J connectivity index is 2.29. The van der Waals surface area contributed by atoms with Crippen LogP contribution < -0.4 is 0 Å². The first-order valence-corrected chi connectivity index (χ1v) is 6.62. The van der Waals surface area contributed by atoms with E-state index in [1.807, 2.05) is 4.90 Å². The second kappa shape index (κ2) is 8.00. The van der Waals surface area contributed by atoms with E-state index in [0.717, 1.165) is 0 Å². The largest absolute Gasteiger partial charge is 0.459 e. The monoisotopic (exact) mass is 337 g/mol. The minimum Gasteiger partial charge on any atom is -0.459 e. The molecule has 0 aromatic heterocycles. The molecule has 22 heavy (non-hydrogen) atoms. The van der Waals surface area contributed by atoms with Gasteiger partial charge in [-0.3, -0.25) is 9.69 Å². The molecule has 130 valence electrons. The lowest BCUT2D eigenvalue weighted by Crippen LogP contribution is -2.39. The van der Waals surface area contributed by atoms with Gasteiger partial charge in [-0.05, 0) is 0 Å². The Morgan fingerprint density at radius 1 is 1.18 bits per heavy atom. The van der Waals surface area contributed by atoms with E-state index in [-0.39, 0.29) is 13.0 Å². The summed E-state index contributed by atoms with van der Waals surface area (Å²) in [5, 5.41) is 0. The molecule has 0 amide bonds. The Bertz CT molecular complexity index is 361. The number of alkyl halides is 6. The van der Waals surface area contributed by atoms with Gasteiger partial charge >= 0.3 is 18.3 Å². The van der Waals surface area contributed by atoms with Crippen LogP contribution in [0.2, 0.25) is 0 Å². The first kappa shape index (κ1) is 19.0. The van der Waals surface area contributed by atoms with Crippen LogP contribution in [0.3, 0.4) is 0 Å². The molecule has 1 heterocycles. The molecule has 1 fully saturated rings. The molecule has 0 bridgehead atoms. The Kier molecular flexibility index (Phi) is 6.92. The van der Waals surface area contributed by atoms with Crippen molar-refractivity contribution in [3.8, 4) is 0 Å². The van der Waals surface area contributed by atoms with Crippen molar-refractivity contribution in [2.75, 3.05) is 39.5 Å². The van der Waals surface area contributed by atoms with E-state index < -0.39 is 37.3 Å². The zero-order valence-electron chi connectivity index (χ0n) is 11.7. The molecule has 1 aliphatic heterocycles. The molecule has 0 spiro atoms. The normalized spacial score (nSPS) is 17.8. The second-order valence-electron chi connectivity index (χ2n) is 4.96. The summed E-state index contributed by atoms with van der Waals surface area (Å²) >= 11 is 0. The standard InChI is InChI=1S/C12H17F6NO3/c13-10(14)12(17,18)7-11(15,16)8-22-9(20)1-2-19-3-5-21-6-4-19/h10H,1-8H2. The fourth-order valence-corrected chi connectivity index (χ4v) is 1.81. The molecule has 0 saturated carbocycles. The summed E-state index contributed by atoms with van der Waals surface area (Å²) in [5.74, 6) is -10.0. The highest BCUT2D eigenvalue weighted by molar-refractivity contribution is 5.69. The van der Waals surface area contributed by atoms with Gasteiger partial charge in [0.25, 0.3) is 5.92 Å². The van der Waals surface area contributed by atoms with Crippen molar-refractivity contribution in [1.82, 2.24) is 4.90 Å². The molecule has 0 aromatic carbocycles. The maximum absolute atomic E-state index is 13.1. The molecular formula is C12H17F6NO3. The Labute approximate surface area is 123 Å². The third-order valence-corrected chi connectivity index (χ3v) is 2.99. The van der Waals surface area contributed by atoms with Gasteiger partial charge in [0.2, 0.25) is 0 Å². The van der Waals surface area contributed by atoms with Crippen molar-refractivity contribution in [3.63, 3.8) is 0 Å². The fraction of sp³-hybridized carbons (Fsp3) is 0.917. The van der Waals surface area contributed by atoms with Gasteiger partial charge in [-0.2, -0.15) is 0 Å². The molecule has 0 N–H and O–H groups in total. The smallest absolute Gasteiger partial charge is 0.313 e. The Morgan fingerprint density at radius 3 is 2.32 bits per heavy atom. The van der Waals surface area contributed by atoms with E-state index in [0.29, 0.717) is 26.3 Å². The van der Waals surface area contributed by atoms with Crippen LogP contribution in [0.5, 0.6) is 0 Å². The van der Waals surface area contributed by atoms with Gasteiger partial charge < -0.3 is 9.47 Å². The third-order valence-electron chi connectivity index (χ3n) is 2.99. The molecule has 0 unspecified atom stereocenters. The quantitative estimate of drug-likeness (QED) is 0.503. The topological polar surface area (TPSA) is 38.8 Å². The van der Waals surface area contributed by atoms with E-state index in [1.54, 1.807) is 0 Å². The highest BCUT2D eigenvalue weighted by atomic mass is 19.3. The number of rotatable bonds is 8. The average molecular weight is 337 g/mol. The predicted octanol–water partition coefficient (Wildman–Crippen LogP) is 2.18. The number of nitrogens with zero attached hydrogens (tertiary/aromatic N) is 1. The van der Waals surface area contributed by atoms with E-state index in [9.17, 15) is 31.1 Å². The molecule has 1 saturated heterocycles. The zero-order valence-corrected chi connectivity index (χ0v) is 11.7. The molecule has 0 atom stereocenters. The van der Waals surface area contributed by atoms with Crippen molar-refractivity contribution in [3.05, 3.63) is 0 Å². The summed E-state index contributed by atoms with van der Waals surface area (Å²) in [6.07, 6.45) is -6.76. The van der Waals surface area contributed by atoms with Crippen LogP contribution in [-0.2, 0) is 14.3 Å². The first-order valence-electron chi connectivity index (χ1n) is 6.62. The maximum atomic E-state index is 13.1. The van der Waals surface area contributed by atoms with Crippen LogP contribution in [0.25, 0.3) is 0 Å². The van der Waals surface area contributed by atoms with Crippen molar-refractivity contribution >= 4 is 5.97 Å². The fourth-order valence-electron chi connectivity index (χ4n) is 1.81. The van der Waals surface area contributed by atoms with Crippen LogP contribution >= 0.6 is 0 Å². The molecule has 10 heteroatoms. The number of esters is 1. The summed E-state index contributed by atoms with van der Waals surface area (Å²) in [5.41, 5.74) is 0. The van der Waals surface area contributed by atoms with E-state index in [1.165, 1.54) is 0 Å².